The van der Waals surface area contributed by atoms with E-state index in [0.717, 1.165) is 4.41 Å². The number of nitrogens with one attached hydrogen (secondary N) is 1. The lowest BCUT2D eigenvalue weighted by Crippen LogP contribution is -2.29. The Balaban J connectivity index is 2.67. The minimum atomic E-state index is -1.66. The summed E-state index contributed by atoms with van der Waals surface area (Å²) in [6.45, 7) is 5.29. The molecule has 2 amide bonds. The summed E-state index contributed by atoms with van der Waals surface area (Å²) in [6.07, 6.45) is -0.295. The molecule has 1 aliphatic heterocycles. The number of carbonyl (C=O) groups excluding carboxylic acids is 2. The van der Waals surface area contributed by atoms with Gasteiger partial charge >= 0.3 is 12.2 Å². The molecule has 1 heterocycles. The van der Waals surface area contributed by atoms with Crippen LogP contribution in [-0.4, -0.2) is 51.2 Å². The van der Waals surface area contributed by atoms with Crippen LogP contribution in [0.1, 0.15) is 20.8 Å². The van der Waals surface area contributed by atoms with Gasteiger partial charge in [0.05, 0.1) is 30.4 Å². The minimum absolute atomic E-state index is 0.157. The SMILES string of the molecule is CCOC(=O)N/N=C/C1=NN(C(=O)OCC)[S@](=O)[C@@H]1C. The highest BCUT2D eigenvalue weighted by Crippen LogP contribution is 2.15. The lowest BCUT2D eigenvalue weighted by Gasteiger charge is -2.10. The Kier molecular flexibility index (Phi) is 6.10. The van der Waals surface area contributed by atoms with Crippen molar-refractivity contribution < 1.29 is 23.3 Å². The first-order chi connectivity index (χ1) is 9.51. The molecule has 0 aromatic rings. The van der Waals surface area contributed by atoms with Gasteiger partial charge in [0.1, 0.15) is 0 Å². The number of hydrogen-bond donors (Lipinski definition) is 1. The summed E-state index contributed by atoms with van der Waals surface area (Å²) in [5.41, 5.74) is 2.39. The normalized spacial score (nSPS) is 21.8. The second-order valence-corrected chi connectivity index (χ2v) is 5.11. The van der Waals surface area contributed by atoms with Crippen LogP contribution in [0.25, 0.3) is 0 Å². The molecule has 1 aliphatic rings. The zero-order chi connectivity index (χ0) is 15.1. The molecule has 1 N–H and O–H groups in total. The average molecular weight is 304 g/mol. The Morgan fingerprint density at radius 1 is 1.45 bits per heavy atom. The molecule has 0 aromatic heterocycles. The largest absolute Gasteiger partial charge is 0.449 e. The molecule has 10 heteroatoms. The first-order valence-electron chi connectivity index (χ1n) is 5.93. The fourth-order valence-electron chi connectivity index (χ4n) is 1.22. The van der Waals surface area contributed by atoms with Crippen LogP contribution in [0.5, 0.6) is 0 Å². The first-order valence-corrected chi connectivity index (χ1v) is 7.10. The average Bonchev–Trinajstić information content (AvgIpc) is 2.68. The summed E-state index contributed by atoms with van der Waals surface area (Å²) in [7, 11) is -1.66. The smallest absolute Gasteiger partial charge is 0.443 e. The topological polar surface area (TPSA) is 110 Å². The number of hydrazone groups is 2. The van der Waals surface area contributed by atoms with Crippen molar-refractivity contribution in [2.24, 2.45) is 10.2 Å². The molecule has 0 bridgehead atoms. The molecule has 112 valence electrons. The van der Waals surface area contributed by atoms with Crippen LogP contribution in [0.4, 0.5) is 9.59 Å². The van der Waals surface area contributed by atoms with Crippen LogP contribution >= 0.6 is 0 Å². The molecule has 9 nitrogen and oxygen atoms in total. The molecule has 20 heavy (non-hydrogen) atoms. The van der Waals surface area contributed by atoms with Gasteiger partial charge in [0.15, 0.2) is 11.0 Å². The molecule has 0 aliphatic carbocycles. The van der Waals surface area contributed by atoms with Gasteiger partial charge in [-0.1, -0.05) is 0 Å². The van der Waals surface area contributed by atoms with Crippen molar-refractivity contribution in [2.75, 3.05) is 13.2 Å². The van der Waals surface area contributed by atoms with Crippen molar-refractivity contribution in [3.63, 3.8) is 0 Å². The van der Waals surface area contributed by atoms with Crippen molar-refractivity contribution in [1.29, 1.82) is 0 Å². The highest BCUT2D eigenvalue weighted by Gasteiger charge is 2.35. The van der Waals surface area contributed by atoms with Gasteiger partial charge in [0.25, 0.3) is 0 Å². The third-order valence-corrected chi connectivity index (χ3v) is 3.57. The number of ether oxygens (including phenoxy) is 2. The zero-order valence-corrected chi connectivity index (χ0v) is 12.2. The Morgan fingerprint density at radius 3 is 2.70 bits per heavy atom. The molecule has 0 radical (unpaired) electrons. The van der Waals surface area contributed by atoms with Crippen molar-refractivity contribution in [3.8, 4) is 0 Å². The van der Waals surface area contributed by atoms with E-state index in [-0.39, 0.29) is 18.9 Å². The lowest BCUT2D eigenvalue weighted by molar-refractivity contribution is 0.133. The maximum absolute atomic E-state index is 11.9. The van der Waals surface area contributed by atoms with Gasteiger partial charge in [-0.25, -0.2) is 19.2 Å². The van der Waals surface area contributed by atoms with E-state index in [9.17, 15) is 13.8 Å². The lowest BCUT2D eigenvalue weighted by atomic mass is 10.3. The molecular weight excluding hydrogens is 288 g/mol. The number of carbonyl (C=O) groups is 2. The highest BCUT2D eigenvalue weighted by atomic mass is 32.2. The van der Waals surface area contributed by atoms with Crippen LogP contribution in [0.15, 0.2) is 10.2 Å². The van der Waals surface area contributed by atoms with Crippen molar-refractivity contribution >= 4 is 35.1 Å². The molecule has 0 unspecified atom stereocenters. The van der Waals surface area contributed by atoms with Crippen molar-refractivity contribution in [1.82, 2.24) is 9.84 Å². The number of nitrogens with zero attached hydrogens (tertiary/aromatic N) is 3. The number of hydrogen-bond acceptors (Lipinski definition) is 7. The zero-order valence-electron chi connectivity index (χ0n) is 11.4. The summed E-state index contributed by atoms with van der Waals surface area (Å²) in [5, 5.41) is 6.91. The number of amides is 2. The van der Waals surface area contributed by atoms with E-state index in [1.54, 1.807) is 20.8 Å². The van der Waals surface area contributed by atoms with E-state index >= 15 is 0 Å². The van der Waals surface area contributed by atoms with E-state index in [1.165, 1.54) is 6.21 Å². The van der Waals surface area contributed by atoms with Crippen LogP contribution < -0.4 is 5.43 Å². The predicted molar refractivity (Wildman–Crippen MR) is 72.6 cm³/mol. The first kappa shape index (κ1) is 16.1. The quantitative estimate of drug-likeness (QED) is 0.604. The minimum Gasteiger partial charge on any atom is -0.449 e. The fraction of sp³-hybridized carbons (Fsp3) is 0.600. The van der Waals surface area contributed by atoms with E-state index in [2.05, 4.69) is 20.4 Å². The Bertz CT molecular complexity index is 465. The Labute approximate surface area is 118 Å². The van der Waals surface area contributed by atoms with Crippen LogP contribution in [0.3, 0.4) is 0 Å². The second-order valence-electron chi connectivity index (χ2n) is 3.51. The maximum atomic E-state index is 11.9. The molecule has 0 saturated carbocycles. The Hall–Kier alpha value is -1.97. The number of rotatable bonds is 4. The highest BCUT2D eigenvalue weighted by molar-refractivity contribution is 7.85. The third kappa shape index (κ3) is 4.02. The predicted octanol–water partition coefficient (Wildman–Crippen LogP) is 0.599. The van der Waals surface area contributed by atoms with Gasteiger partial charge in [-0.2, -0.15) is 10.2 Å². The molecule has 0 fully saturated rings. The summed E-state index contributed by atoms with van der Waals surface area (Å²) in [6, 6.07) is 0. The van der Waals surface area contributed by atoms with Crippen LogP contribution in [0, 0.1) is 0 Å². The summed E-state index contributed by atoms with van der Waals surface area (Å²) >= 11 is 0. The second kappa shape index (κ2) is 7.58. The maximum Gasteiger partial charge on any atom is 0.443 e. The van der Waals surface area contributed by atoms with E-state index in [0.29, 0.717) is 0 Å². The summed E-state index contributed by atoms with van der Waals surface area (Å²) in [4.78, 5) is 22.5. The molecular formula is C10H16N4O5S. The van der Waals surface area contributed by atoms with Gasteiger partial charge in [0, 0.05) is 0 Å². The summed E-state index contributed by atoms with van der Waals surface area (Å²) in [5.74, 6) is 0. The van der Waals surface area contributed by atoms with Gasteiger partial charge in [0.2, 0.25) is 0 Å². The molecule has 0 spiro atoms. The molecule has 1 rings (SSSR count). The molecule has 0 saturated heterocycles. The Morgan fingerprint density at radius 2 is 2.10 bits per heavy atom. The standard InChI is InChI=1S/C10H16N4O5S/c1-4-18-9(15)12-11-6-8-7(3)20(17)14(13-8)10(16)19-5-2/h6-7H,4-5H2,1-3H3,(H,12,15)/b11-6+/t7-,20-/m1/s1. The fourth-order valence-corrected chi connectivity index (χ4v) is 2.21. The van der Waals surface area contributed by atoms with Gasteiger partial charge < -0.3 is 9.47 Å². The van der Waals surface area contributed by atoms with E-state index in [1.807, 2.05) is 0 Å². The van der Waals surface area contributed by atoms with Gasteiger partial charge in [-0.3, -0.25) is 0 Å². The van der Waals surface area contributed by atoms with Gasteiger partial charge in [-0.15, -0.1) is 4.41 Å². The van der Waals surface area contributed by atoms with E-state index < -0.39 is 28.4 Å². The third-order valence-electron chi connectivity index (χ3n) is 2.15. The molecule has 0 aromatic carbocycles. The van der Waals surface area contributed by atoms with Crippen molar-refractivity contribution in [3.05, 3.63) is 0 Å². The van der Waals surface area contributed by atoms with Gasteiger partial charge in [-0.05, 0) is 20.8 Å². The monoisotopic (exact) mass is 304 g/mol. The van der Waals surface area contributed by atoms with Crippen LogP contribution in [-0.2, 0) is 20.5 Å². The van der Waals surface area contributed by atoms with E-state index in [4.69, 9.17) is 4.74 Å². The van der Waals surface area contributed by atoms with Crippen LogP contribution in [0.2, 0.25) is 0 Å². The molecule has 2 atom stereocenters. The van der Waals surface area contributed by atoms with Crippen molar-refractivity contribution in [2.45, 2.75) is 26.0 Å². The summed E-state index contributed by atoms with van der Waals surface area (Å²) < 4.78 is 21.9.